The van der Waals surface area contributed by atoms with E-state index in [2.05, 4.69) is 15.9 Å². The van der Waals surface area contributed by atoms with Crippen LogP contribution in [0.5, 0.6) is 0 Å². The first kappa shape index (κ1) is 15.9. The van der Waals surface area contributed by atoms with Gasteiger partial charge >= 0.3 is 6.18 Å². The van der Waals surface area contributed by atoms with Crippen LogP contribution in [-0.2, 0) is 6.18 Å². The third-order valence-electron chi connectivity index (χ3n) is 2.97. The highest BCUT2D eigenvalue weighted by atomic mass is 79.9. The van der Waals surface area contributed by atoms with Gasteiger partial charge in [-0.15, -0.1) is 0 Å². The van der Waals surface area contributed by atoms with E-state index in [1.807, 2.05) is 0 Å². The van der Waals surface area contributed by atoms with Gasteiger partial charge in [0.2, 0.25) is 0 Å². The van der Waals surface area contributed by atoms with Crippen molar-refractivity contribution in [3.63, 3.8) is 0 Å². The summed E-state index contributed by atoms with van der Waals surface area (Å²) in [6.07, 6.45) is -4.80. The molecule has 7 heteroatoms. The van der Waals surface area contributed by atoms with E-state index in [0.717, 1.165) is 12.1 Å². The van der Waals surface area contributed by atoms with Crippen LogP contribution in [0.2, 0.25) is 0 Å². The fourth-order valence-corrected chi connectivity index (χ4v) is 2.29. The van der Waals surface area contributed by atoms with Crippen molar-refractivity contribution in [2.24, 2.45) is 5.73 Å². The third kappa shape index (κ3) is 3.24. The Labute approximate surface area is 125 Å². The quantitative estimate of drug-likeness (QED) is 0.760. The second kappa shape index (κ2) is 5.73. The second-order valence-corrected chi connectivity index (χ2v) is 5.21. The van der Waals surface area contributed by atoms with Crippen molar-refractivity contribution in [1.29, 1.82) is 0 Å². The Bertz CT molecular complexity index is 669. The van der Waals surface area contributed by atoms with Gasteiger partial charge in [-0.25, -0.2) is 8.78 Å². The van der Waals surface area contributed by atoms with Gasteiger partial charge in [0.15, 0.2) is 0 Å². The van der Waals surface area contributed by atoms with E-state index in [9.17, 15) is 22.0 Å². The first-order valence-corrected chi connectivity index (χ1v) is 6.57. The lowest BCUT2D eigenvalue weighted by molar-refractivity contribution is -0.140. The van der Waals surface area contributed by atoms with Crippen LogP contribution in [0.15, 0.2) is 40.9 Å². The van der Waals surface area contributed by atoms with Gasteiger partial charge in [-0.05, 0) is 39.7 Å². The molecule has 21 heavy (non-hydrogen) atoms. The molecule has 0 saturated carbocycles. The summed E-state index contributed by atoms with van der Waals surface area (Å²) in [5, 5.41) is 0. The Kier molecular flexibility index (Phi) is 4.34. The predicted octanol–water partition coefficient (Wildman–Crippen LogP) is 4.79. The maximum atomic E-state index is 14.0. The van der Waals surface area contributed by atoms with Crippen LogP contribution in [0.4, 0.5) is 22.0 Å². The average molecular weight is 366 g/mol. The minimum absolute atomic E-state index is 0.0998. The van der Waals surface area contributed by atoms with E-state index >= 15 is 0 Å². The van der Waals surface area contributed by atoms with E-state index in [4.69, 9.17) is 5.73 Å². The van der Waals surface area contributed by atoms with E-state index < -0.39 is 29.4 Å². The van der Waals surface area contributed by atoms with Crippen LogP contribution in [0, 0.1) is 11.6 Å². The summed E-state index contributed by atoms with van der Waals surface area (Å²) in [7, 11) is 0. The van der Waals surface area contributed by atoms with Crippen LogP contribution in [0.1, 0.15) is 22.7 Å². The van der Waals surface area contributed by atoms with Gasteiger partial charge in [-0.3, -0.25) is 0 Å². The van der Waals surface area contributed by atoms with Crippen LogP contribution in [-0.4, -0.2) is 0 Å². The first-order valence-electron chi connectivity index (χ1n) is 5.78. The number of halogens is 6. The van der Waals surface area contributed by atoms with Crippen molar-refractivity contribution in [2.75, 3.05) is 0 Å². The van der Waals surface area contributed by atoms with Crippen molar-refractivity contribution < 1.29 is 22.0 Å². The zero-order valence-electron chi connectivity index (χ0n) is 10.4. The second-order valence-electron chi connectivity index (χ2n) is 4.36. The molecule has 0 spiro atoms. The highest BCUT2D eigenvalue weighted by molar-refractivity contribution is 9.10. The Balaban J connectivity index is 2.48. The Morgan fingerprint density at radius 3 is 2.29 bits per heavy atom. The predicted molar refractivity (Wildman–Crippen MR) is 71.5 cm³/mol. The highest BCUT2D eigenvalue weighted by Gasteiger charge is 2.35. The topological polar surface area (TPSA) is 26.0 Å². The zero-order chi connectivity index (χ0) is 15.8. The van der Waals surface area contributed by atoms with E-state index in [0.29, 0.717) is 11.6 Å². The molecule has 0 aliphatic rings. The van der Waals surface area contributed by atoms with Crippen molar-refractivity contribution in [2.45, 2.75) is 12.2 Å². The Morgan fingerprint density at radius 1 is 1.05 bits per heavy atom. The number of rotatable bonds is 2. The summed E-state index contributed by atoms with van der Waals surface area (Å²) in [6.45, 7) is 0. The van der Waals surface area contributed by atoms with Crippen LogP contribution < -0.4 is 5.73 Å². The van der Waals surface area contributed by atoms with Crippen molar-refractivity contribution in [3.8, 4) is 0 Å². The molecule has 0 radical (unpaired) electrons. The smallest absolute Gasteiger partial charge is 0.320 e. The third-order valence-corrected chi connectivity index (χ3v) is 3.58. The van der Waals surface area contributed by atoms with Gasteiger partial charge in [-0.2, -0.15) is 13.2 Å². The molecule has 0 aliphatic heterocycles. The van der Waals surface area contributed by atoms with Crippen LogP contribution in [0.25, 0.3) is 0 Å². The van der Waals surface area contributed by atoms with E-state index in [1.165, 1.54) is 18.2 Å². The van der Waals surface area contributed by atoms with E-state index in [1.54, 1.807) is 0 Å². The molecule has 0 fully saturated rings. The normalized spacial score (nSPS) is 13.3. The molecule has 2 rings (SSSR count). The summed E-state index contributed by atoms with van der Waals surface area (Å²) in [5.74, 6) is -1.96. The summed E-state index contributed by atoms with van der Waals surface area (Å²) < 4.78 is 65.3. The summed E-state index contributed by atoms with van der Waals surface area (Å²) in [5.41, 5.74) is 4.41. The molecule has 0 amide bonds. The van der Waals surface area contributed by atoms with Crippen molar-refractivity contribution >= 4 is 15.9 Å². The molecule has 2 aromatic carbocycles. The minimum Gasteiger partial charge on any atom is -0.320 e. The highest BCUT2D eigenvalue weighted by Crippen LogP contribution is 2.35. The standard InChI is InChI=1S/C14H9BrF5N/c15-10-6-7(4-5-11(10)16)13(21)8-2-1-3-9(12(8)17)14(18,19)20/h1-6,13H,21H2. The average Bonchev–Trinajstić information content (AvgIpc) is 2.40. The molecule has 2 aromatic rings. The molecule has 1 atom stereocenters. The Hall–Kier alpha value is -1.47. The first-order chi connectivity index (χ1) is 9.71. The molecule has 0 heterocycles. The maximum Gasteiger partial charge on any atom is 0.419 e. The number of benzene rings is 2. The van der Waals surface area contributed by atoms with Gasteiger partial charge in [0, 0.05) is 5.56 Å². The number of hydrogen-bond donors (Lipinski definition) is 1. The molecule has 1 unspecified atom stereocenters. The largest absolute Gasteiger partial charge is 0.419 e. The number of alkyl halides is 3. The fraction of sp³-hybridized carbons (Fsp3) is 0.143. The summed E-state index contributed by atoms with van der Waals surface area (Å²) >= 11 is 2.95. The van der Waals surface area contributed by atoms with E-state index in [-0.39, 0.29) is 10.0 Å². The monoisotopic (exact) mass is 365 g/mol. The SMILES string of the molecule is NC(c1ccc(F)c(Br)c1)c1cccc(C(F)(F)F)c1F. The lowest BCUT2D eigenvalue weighted by atomic mass is 9.97. The van der Waals surface area contributed by atoms with Crippen molar-refractivity contribution in [3.05, 3.63) is 69.2 Å². The number of nitrogens with two attached hydrogens (primary N) is 1. The summed E-state index contributed by atoms with van der Waals surface area (Å²) in [4.78, 5) is 0. The molecule has 0 aliphatic carbocycles. The minimum atomic E-state index is -4.80. The fourth-order valence-electron chi connectivity index (χ4n) is 1.89. The van der Waals surface area contributed by atoms with Crippen molar-refractivity contribution in [1.82, 2.24) is 0 Å². The van der Waals surface area contributed by atoms with Crippen LogP contribution in [0.3, 0.4) is 0 Å². The molecule has 0 bridgehead atoms. The molecular weight excluding hydrogens is 357 g/mol. The molecule has 0 aromatic heterocycles. The van der Waals surface area contributed by atoms with Gasteiger partial charge in [0.25, 0.3) is 0 Å². The van der Waals surface area contributed by atoms with Crippen LogP contribution >= 0.6 is 15.9 Å². The molecule has 0 saturated heterocycles. The Morgan fingerprint density at radius 2 is 1.71 bits per heavy atom. The molecule has 112 valence electrons. The number of hydrogen-bond acceptors (Lipinski definition) is 1. The maximum absolute atomic E-state index is 14.0. The van der Waals surface area contributed by atoms with Gasteiger partial charge in [-0.1, -0.05) is 18.2 Å². The summed E-state index contributed by atoms with van der Waals surface area (Å²) in [6, 6.07) is 5.47. The van der Waals surface area contributed by atoms with Gasteiger partial charge < -0.3 is 5.73 Å². The molecule has 2 N–H and O–H groups in total. The van der Waals surface area contributed by atoms with Gasteiger partial charge in [0.1, 0.15) is 11.6 Å². The lowest BCUT2D eigenvalue weighted by Gasteiger charge is -2.17. The molecular formula is C14H9BrF5N. The molecule has 1 nitrogen and oxygen atoms in total. The van der Waals surface area contributed by atoms with Gasteiger partial charge in [0.05, 0.1) is 16.1 Å². The lowest BCUT2D eigenvalue weighted by Crippen LogP contribution is -2.17. The zero-order valence-corrected chi connectivity index (χ0v) is 12.0.